The van der Waals surface area contributed by atoms with E-state index in [-0.39, 0.29) is 16.9 Å². The van der Waals surface area contributed by atoms with Crippen molar-refractivity contribution in [3.05, 3.63) is 58.7 Å². The summed E-state index contributed by atoms with van der Waals surface area (Å²) in [6, 6.07) is 13.5. The van der Waals surface area contributed by atoms with Crippen LogP contribution in [0.4, 0.5) is 0 Å². The fourth-order valence-corrected chi connectivity index (χ4v) is 5.70. The largest absolute Gasteiger partial charge is 0.491 e. The van der Waals surface area contributed by atoms with Gasteiger partial charge in [0.2, 0.25) is 0 Å². The van der Waals surface area contributed by atoms with Gasteiger partial charge >= 0.3 is 0 Å². The van der Waals surface area contributed by atoms with Gasteiger partial charge in [0, 0.05) is 0 Å². The molecule has 4 heteroatoms. The fourth-order valence-electron chi connectivity index (χ4n) is 5.70. The van der Waals surface area contributed by atoms with Crippen LogP contribution in [0.1, 0.15) is 68.7 Å². The Morgan fingerprint density at radius 2 is 1.41 bits per heavy atom. The van der Waals surface area contributed by atoms with Crippen molar-refractivity contribution in [2.24, 2.45) is 5.92 Å². The SMILES string of the molecule is Cc1cc(C(C)(C)C2CCC(C)(c3ccc(OCC4CO4)cc3)CC2)cc(C)c1OCC1CO1. The Bertz CT molecular complexity index is 970. The molecule has 2 aromatic rings. The van der Waals surface area contributed by atoms with E-state index in [1.165, 1.54) is 47.9 Å². The van der Waals surface area contributed by atoms with Crippen LogP contribution in [0.15, 0.2) is 36.4 Å². The number of rotatable bonds is 9. The third kappa shape index (κ3) is 5.13. The molecule has 2 aromatic carbocycles. The quantitative estimate of drug-likeness (QED) is 0.409. The molecule has 2 heterocycles. The molecule has 1 aliphatic carbocycles. The van der Waals surface area contributed by atoms with Crippen LogP contribution >= 0.6 is 0 Å². The average molecular weight is 465 g/mol. The monoisotopic (exact) mass is 464 g/mol. The second-order valence-corrected chi connectivity index (χ2v) is 11.6. The molecule has 34 heavy (non-hydrogen) atoms. The van der Waals surface area contributed by atoms with E-state index in [0.29, 0.717) is 25.2 Å². The van der Waals surface area contributed by atoms with Crippen molar-refractivity contribution in [1.29, 1.82) is 0 Å². The minimum atomic E-state index is 0.136. The molecule has 2 atom stereocenters. The minimum Gasteiger partial charge on any atom is -0.491 e. The molecule has 3 aliphatic rings. The van der Waals surface area contributed by atoms with Crippen molar-refractivity contribution in [3.63, 3.8) is 0 Å². The second-order valence-electron chi connectivity index (χ2n) is 11.6. The first kappa shape index (κ1) is 23.7. The van der Waals surface area contributed by atoms with Crippen LogP contribution in [0.5, 0.6) is 11.5 Å². The van der Waals surface area contributed by atoms with Gasteiger partial charge in [-0.05, 0) is 90.7 Å². The predicted molar refractivity (Wildman–Crippen MR) is 135 cm³/mol. The molecular weight excluding hydrogens is 424 g/mol. The molecule has 0 amide bonds. The van der Waals surface area contributed by atoms with Crippen LogP contribution in [0.2, 0.25) is 0 Å². The van der Waals surface area contributed by atoms with Gasteiger partial charge in [0.05, 0.1) is 13.2 Å². The van der Waals surface area contributed by atoms with Gasteiger partial charge in [-0.25, -0.2) is 0 Å². The van der Waals surface area contributed by atoms with Crippen LogP contribution in [0.3, 0.4) is 0 Å². The number of ether oxygens (including phenoxy) is 4. The van der Waals surface area contributed by atoms with Crippen molar-refractivity contribution in [3.8, 4) is 11.5 Å². The summed E-state index contributed by atoms with van der Waals surface area (Å²) in [5, 5.41) is 0. The Balaban J connectivity index is 1.23. The number of aryl methyl sites for hydroxylation is 2. The highest BCUT2D eigenvalue weighted by Crippen LogP contribution is 2.48. The van der Waals surface area contributed by atoms with Crippen LogP contribution < -0.4 is 9.47 Å². The van der Waals surface area contributed by atoms with E-state index in [0.717, 1.165) is 24.7 Å². The van der Waals surface area contributed by atoms with Gasteiger partial charge in [-0.1, -0.05) is 45.0 Å². The van der Waals surface area contributed by atoms with Crippen LogP contribution in [0, 0.1) is 19.8 Å². The summed E-state index contributed by atoms with van der Waals surface area (Å²) in [6.45, 7) is 14.7. The molecule has 184 valence electrons. The van der Waals surface area contributed by atoms with E-state index in [9.17, 15) is 0 Å². The van der Waals surface area contributed by atoms with E-state index in [1.807, 2.05) is 0 Å². The lowest BCUT2D eigenvalue weighted by Crippen LogP contribution is -2.37. The topological polar surface area (TPSA) is 43.5 Å². The van der Waals surface area contributed by atoms with Gasteiger partial charge in [0.25, 0.3) is 0 Å². The number of hydrogen-bond donors (Lipinski definition) is 0. The molecule has 3 fully saturated rings. The van der Waals surface area contributed by atoms with Gasteiger partial charge in [-0.15, -0.1) is 0 Å². The molecule has 0 bridgehead atoms. The predicted octanol–water partition coefficient (Wildman–Crippen LogP) is 6.28. The van der Waals surface area contributed by atoms with Crippen molar-refractivity contribution in [2.75, 3.05) is 26.4 Å². The van der Waals surface area contributed by atoms with E-state index in [1.54, 1.807) is 0 Å². The second kappa shape index (κ2) is 9.20. The summed E-state index contributed by atoms with van der Waals surface area (Å²) in [6.07, 6.45) is 5.51. The lowest BCUT2D eigenvalue weighted by atomic mass is 9.60. The summed E-state index contributed by atoms with van der Waals surface area (Å²) < 4.78 is 22.5. The van der Waals surface area contributed by atoms with Crippen molar-refractivity contribution in [1.82, 2.24) is 0 Å². The van der Waals surface area contributed by atoms with Crippen molar-refractivity contribution in [2.45, 2.75) is 83.3 Å². The molecule has 0 spiro atoms. The summed E-state index contributed by atoms with van der Waals surface area (Å²) in [4.78, 5) is 0. The first-order valence-electron chi connectivity index (χ1n) is 13.0. The molecule has 2 unspecified atom stereocenters. The third-order valence-electron chi connectivity index (χ3n) is 8.52. The number of hydrogen-bond acceptors (Lipinski definition) is 4. The maximum absolute atomic E-state index is 6.08. The Hall–Kier alpha value is -2.04. The first-order chi connectivity index (χ1) is 16.2. The first-order valence-corrected chi connectivity index (χ1v) is 13.0. The van der Waals surface area contributed by atoms with Gasteiger partial charge in [0.1, 0.15) is 36.9 Å². The summed E-state index contributed by atoms with van der Waals surface area (Å²) in [7, 11) is 0. The maximum Gasteiger partial charge on any atom is 0.125 e. The van der Waals surface area contributed by atoms with E-state index >= 15 is 0 Å². The van der Waals surface area contributed by atoms with Gasteiger partial charge in [-0.2, -0.15) is 0 Å². The van der Waals surface area contributed by atoms with Gasteiger partial charge in [0.15, 0.2) is 0 Å². The fraction of sp³-hybridized carbons (Fsp3) is 0.600. The van der Waals surface area contributed by atoms with Gasteiger partial charge < -0.3 is 18.9 Å². The smallest absolute Gasteiger partial charge is 0.125 e. The Morgan fingerprint density at radius 3 is 1.94 bits per heavy atom. The zero-order chi connectivity index (χ0) is 23.9. The van der Waals surface area contributed by atoms with Gasteiger partial charge in [-0.3, -0.25) is 0 Å². The molecule has 1 saturated carbocycles. The molecule has 2 aliphatic heterocycles. The zero-order valence-electron chi connectivity index (χ0n) is 21.5. The Morgan fingerprint density at radius 1 is 0.882 bits per heavy atom. The van der Waals surface area contributed by atoms with Crippen molar-refractivity contribution < 1.29 is 18.9 Å². The Kier molecular flexibility index (Phi) is 6.41. The molecule has 5 rings (SSSR count). The molecule has 4 nitrogen and oxygen atoms in total. The highest BCUT2D eigenvalue weighted by molar-refractivity contribution is 5.46. The maximum atomic E-state index is 6.08. The van der Waals surface area contributed by atoms with Crippen LogP contribution in [-0.2, 0) is 20.3 Å². The van der Waals surface area contributed by atoms with Crippen molar-refractivity contribution >= 4 is 0 Å². The molecule has 0 radical (unpaired) electrons. The zero-order valence-corrected chi connectivity index (χ0v) is 21.5. The third-order valence-corrected chi connectivity index (χ3v) is 8.52. The highest BCUT2D eigenvalue weighted by atomic mass is 16.6. The molecule has 0 N–H and O–H groups in total. The summed E-state index contributed by atoms with van der Waals surface area (Å²) >= 11 is 0. The van der Waals surface area contributed by atoms with E-state index in [4.69, 9.17) is 18.9 Å². The molecular formula is C30H40O4. The minimum absolute atomic E-state index is 0.136. The van der Waals surface area contributed by atoms with E-state index < -0.39 is 0 Å². The molecule has 0 aromatic heterocycles. The lowest BCUT2D eigenvalue weighted by molar-refractivity contribution is 0.178. The number of benzene rings is 2. The molecule has 2 saturated heterocycles. The highest BCUT2D eigenvalue weighted by Gasteiger charge is 2.40. The van der Waals surface area contributed by atoms with E-state index in [2.05, 4.69) is 71.0 Å². The number of epoxide rings is 2. The van der Waals surface area contributed by atoms with Crippen LogP contribution in [-0.4, -0.2) is 38.6 Å². The van der Waals surface area contributed by atoms with Crippen LogP contribution in [0.25, 0.3) is 0 Å². The normalized spacial score (nSPS) is 28.4. The average Bonchev–Trinajstić information content (AvgIpc) is 3.73. The lowest BCUT2D eigenvalue weighted by Gasteiger charge is -2.44. The summed E-state index contributed by atoms with van der Waals surface area (Å²) in [5.41, 5.74) is 5.72. The Labute approximate surface area is 204 Å². The summed E-state index contributed by atoms with van der Waals surface area (Å²) in [5.74, 6) is 2.65. The standard InChI is InChI=1S/C30H40O4/c1-20-14-24(15-21(2)28(20)34-19-27-18-33-27)29(3,4)22-10-12-30(5,13-11-22)23-6-8-25(9-7-23)31-16-26-17-32-26/h6-9,14-15,22,26-27H,10-13,16-19H2,1-5H3.